The molecule has 0 aliphatic heterocycles. The van der Waals surface area contributed by atoms with Crippen molar-refractivity contribution >= 4 is 70.0 Å². The van der Waals surface area contributed by atoms with E-state index in [1.165, 1.54) is 6.21 Å². The Labute approximate surface area is 151 Å². The quantitative estimate of drug-likeness (QED) is 0.415. The second kappa shape index (κ2) is 7.36. The van der Waals surface area contributed by atoms with E-state index in [9.17, 15) is 0 Å². The molecule has 0 amide bonds. The van der Waals surface area contributed by atoms with Gasteiger partial charge in [0.15, 0.2) is 11.0 Å². The molecule has 0 saturated heterocycles. The number of hydrogen-bond acceptors (Lipinski definition) is 4. The molecule has 1 aromatic carbocycles. The zero-order valence-electron chi connectivity index (χ0n) is 10.5. The maximum Gasteiger partial charge on any atom is 0.168 e. The molecule has 0 aliphatic rings. The minimum absolute atomic E-state index is 0.00334. The molecule has 0 saturated carbocycles. The number of pyridine rings is 1. The summed E-state index contributed by atoms with van der Waals surface area (Å²) in [5, 5.41) is 13.8. The van der Waals surface area contributed by atoms with Gasteiger partial charge in [-0.3, -0.25) is 5.43 Å². The van der Waals surface area contributed by atoms with Gasteiger partial charge in [0.1, 0.15) is 16.7 Å². The van der Waals surface area contributed by atoms with Crippen LogP contribution in [-0.4, -0.2) is 11.2 Å². The van der Waals surface area contributed by atoms with E-state index >= 15 is 0 Å². The van der Waals surface area contributed by atoms with Crippen molar-refractivity contribution in [1.29, 1.82) is 5.26 Å². The summed E-state index contributed by atoms with van der Waals surface area (Å²) in [5.41, 5.74) is 3.24. The molecule has 2 rings (SSSR count). The number of rotatable bonds is 3. The van der Waals surface area contributed by atoms with Crippen LogP contribution in [0.1, 0.15) is 11.1 Å². The monoisotopic (exact) mass is 392 g/mol. The summed E-state index contributed by atoms with van der Waals surface area (Å²) in [6.45, 7) is 0. The number of nitrogens with zero attached hydrogens (tertiary/aromatic N) is 3. The number of nitriles is 1. The molecule has 0 atom stereocenters. The van der Waals surface area contributed by atoms with Gasteiger partial charge in [-0.1, -0.05) is 64.1 Å². The van der Waals surface area contributed by atoms with Crippen molar-refractivity contribution in [3.63, 3.8) is 0 Å². The van der Waals surface area contributed by atoms with Crippen molar-refractivity contribution in [3.05, 3.63) is 54.6 Å². The van der Waals surface area contributed by atoms with Gasteiger partial charge in [0.25, 0.3) is 0 Å². The number of halogens is 5. The minimum Gasteiger partial charge on any atom is -0.260 e. The number of aromatic nitrogens is 1. The molecule has 0 aliphatic carbocycles. The highest BCUT2D eigenvalue weighted by Crippen LogP contribution is 2.34. The second-order valence-electron chi connectivity index (χ2n) is 3.90. The van der Waals surface area contributed by atoms with E-state index in [1.54, 1.807) is 18.2 Å². The zero-order chi connectivity index (χ0) is 16.3. The lowest BCUT2D eigenvalue weighted by Crippen LogP contribution is -1.98. The third kappa shape index (κ3) is 3.75. The van der Waals surface area contributed by atoms with Crippen LogP contribution in [0.3, 0.4) is 0 Å². The van der Waals surface area contributed by atoms with E-state index in [0.717, 1.165) is 0 Å². The maximum absolute atomic E-state index is 8.90. The Morgan fingerprint density at radius 3 is 2.50 bits per heavy atom. The predicted molar refractivity (Wildman–Crippen MR) is 91.7 cm³/mol. The molecule has 9 heteroatoms. The Morgan fingerprint density at radius 2 is 1.86 bits per heavy atom. The molecule has 112 valence electrons. The number of hydrazone groups is 1. The van der Waals surface area contributed by atoms with Gasteiger partial charge in [-0.2, -0.15) is 10.4 Å². The zero-order valence-corrected chi connectivity index (χ0v) is 14.3. The topological polar surface area (TPSA) is 61.1 Å². The SMILES string of the molecule is N#Cc1c(Cl)nc(NN=Cc2ccc(Cl)cc2Cl)c(Cl)c1Cl. The molecule has 0 bridgehead atoms. The lowest BCUT2D eigenvalue weighted by atomic mass is 10.2. The predicted octanol–water partition coefficient (Wildman–Crippen LogP) is 5.67. The van der Waals surface area contributed by atoms with Crippen LogP contribution in [0.4, 0.5) is 5.82 Å². The fourth-order valence-corrected chi connectivity index (χ4v) is 2.57. The Kier molecular flexibility index (Phi) is 5.74. The van der Waals surface area contributed by atoms with Gasteiger partial charge < -0.3 is 0 Å². The van der Waals surface area contributed by atoms with E-state index in [-0.39, 0.29) is 26.6 Å². The first kappa shape index (κ1) is 17.1. The average Bonchev–Trinajstić information content (AvgIpc) is 2.47. The van der Waals surface area contributed by atoms with Crippen LogP contribution in [0.15, 0.2) is 23.3 Å². The normalized spacial score (nSPS) is 10.7. The fourth-order valence-electron chi connectivity index (χ4n) is 1.45. The highest BCUT2D eigenvalue weighted by Gasteiger charge is 2.15. The Morgan fingerprint density at radius 1 is 1.14 bits per heavy atom. The summed E-state index contributed by atoms with van der Waals surface area (Å²) in [6.07, 6.45) is 1.46. The summed E-state index contributed by atoms with van der Waals surface area (Å²) in [7, 11) is 0. The minimum atomic E-state index is -0.0703. The number of anilines is 1. The van der Waals surface area contributed by atoms with Gasteiger partial charge >= 0.3 is 0 Å². The van der Waals surface area contributed by atoms with E-state index in [1.807, 2.05) is 6.07 Å². The smallest absolute Gasteiger partial charge is 0.168 e. The summed E-state index contributed by atoms with van der Waals surface area (Å²) in [5.74, 6) is 0.122. The summed E-state index contributed by atoms with van der Waals surface area (Å²) >= 11 is 29.6. The first-order valence-electron chi connectivity index (χ1n) is 5.62. The van der Waals surface area contributed by atoms with Crippen molar-refractivity contribution in [3.8, 4) is 6.07 Å². The summed E-state index contributed by atoms with van der Waals surface area (Å²) in [4.78, 5) is 3.92. The molecule has 22 heavy (non-hydrogen) atoms. The third-order valence-corrected chi connectivity index (χ3v) is 4.16. The van der Waals surface area contributed by atoms with Crippen molar-refractivity contribution in [1.82, 2.24) is 4.98 Å². The molecule has 4 nitrogen and oxygen atoms in total. The van der Waals surface area contributed by atoms with Crippen LogP contribution in [0.25, 0.3) is 0 Å². The lowest BCUT2D eigenvalue weighted by molar-refractivity contribution is 1.22. The molecule has 1 aromatic heterocycles. The van der Waals surface area contributed by atoms with Crippen molar-refractivity contribution in [2.75, 3.05) is 5.43 Å². The molecule has 2 aromatic rings. The van der Waals surface area contributed by atoms with Crippen LogP contribution in [0, 0.1) is 11.3 Å². The van der Waals surface area contributed by atoms with Gasteiger partial charge in [0.2, 0.25) is 0 Å². The maximum atomic E-state index is 8.90. The number of nitrogens with one attached hydrogen (secondary N) is 1. The molecule has 0 fully saturated rings. The van der Waals surface area contributed by atoms with Gasteiger partial charge in [0.05, 0.1) is 16.3 Å². The Hall–Kier alpha value is -1.22. The molecular formula is C13H5Cl5N4. The van der Waals surface area contributed by atoms with Crippen LogP contribution < -0.4 is 5.43 Å². The van der Waals surface area contributed by atoms with Crippen LogP contribution >= 0.6 is 58.0 Å². The lowest BCUT2D eigenvalue weighted by Gasteiger charge is -2.07. The molecule has 0 radical (unpaired) electrons. The molecule has 0 spiro atoms. The third-order valence-electron chi connectivity index (χ3n) is 2.48. The number of benzene rings is 1. The standard InChI is InChI=1S/C13H5Cl5N4/c14-7-2-1-6(9(15)3-7)5-20-22-13-11(17)10(16)8(4-19)12(18)21-13/h1-3,5H,(H,21,22). The highest BCUT2D eigenvalue weighted by molar-refractivity contribution is 6.45. The second-order valence-corrected chi connectivity index (χ2v) is 5.86. The van der Waals surface area contributed by atoms with E-state index in [0.29, 0.717) is 15.6 Å². The highest BCUT2D eigenvalue weighted by atomic mass is 35.5. The fraction of sp³-hybridized carbons (Fsp3) is 0. The largest absolute Gasteiger partial charge is 0.260 e. The van der Waals surface area contributed by atoms with Crippen LogP contribution in [-0.2, 0) is 0 Å². The van der Waals surface area contributed by atoms with Crippen LogP contribution in [0.5, 0.6) is 0 Å². The molecule has 1 N–H and O–H groups in total. The van der Waals surface area contributed by atoms with E-state index in [2.05, 4.69) is 15.5 Å². The van der Waals surface area contributed by atoms with Crippen molar-refractivity contribution in [2.24, 2.45) is 5.10 Å². The Balaban J connectivity index is 2.25. The van der Waals surface area contributed by atoms with Crippen LogP contribution in [0.2, 0.25) is 25.2 Å². The summed E-state index contributed by atoms with van der Waals surface area (Å²) < 4.78 is 0. The summed E-state index contributed by atoms with van der Waals surface area (Å²) in [6, 6.07) is 6.78. The first-order chi connectivity index (χ1) is 10.4. The van der Waals surface area contributed by atoms with Gasteiger partial charge in [-0.25, -0.2) is 4.98 Å². The molecule has 1 heterocycles. The van der Waals surface area contributed by atoms with Crippen molar-refractivity contribution < 1.29 is 0 Å². The first-order valence-corrected chi connectivity index (χ1v) is 7.51. The number of hydrogen-bond donors (Lipinski definition) is 1. The van der Waals surface area contributed by atoms with E-state index < -0.39 is 0 Å². The molecule has 0 unspecified atom stereocenters. The van der Waals surface area contributed by atoms with Gasteiger partial charge in [0, 0.05) is 10.6 Å². The molecular weight excluding hydrogens is 389 g/mol. The van der Waals surface area contributed by atoms with Crippen molar-refractivity contribution in [2.45, 2.75) is 0 Å². The Bertz CT molecular complexity index is 798. The van der Waals surface area contributed by atoms with Gasteiger partial charge in [-0.15, -0.1) is 0 Å². The average molecular weight is 394 g/mol. The van der Waals surface area contributed by atoms with Gasteiger partial charge in [-0.05, 0) is 12.1 Å². The van der Waals surface area contributed by atoms with E-state index in [4.69, 9.17) is 63.3 Å².